The number of halogens is 2. The molecule has 0 aromatic heterocycles. The van der Waals surface area contributed by atoms with Gasteiger partial charge in [-0.2, -0.15) is 0 Å². The van der Waals surface area contributed by atoms with Gasteiger partial charge in [-0.25, -0.2) is 4.79 Å². The molecule has 9 nitrogen and oxygen atoms in total. The Labute approximate surface area is 280 Å². The number of ether oxygens (including phenoxy) is 2. The molecule has 0 spiro atoms. The lowest BCUT2D eigenvalue weighted by Gasteiger charge is -2.26. The second kappa shape index (κ2) is 15.2. The molecule has 0 unspecified atom stereocenters. The third-order valence-corrected chi connectivity index (χ3v) is 8.93. The average molecular weight is 687 g/mol. The van der Waals surface area contributed by atoms with Crippen LogP contribution in [0.2, 0.25) is 10.0 Å². The summed E-state index contributed by atoms with van der Waals surface area (Å²) in [6.45, 7) is 4.38. The van der Waals surface area contributed by atoms with Crippen molar-refractivity contribution < 1.29 is 29.0 Å². The zero-order chi connectivity index (χ0) is 31.9. The smallest absolute Gasteiger partial charge is 0.335 e. The number of thiocarbonyl (C=S) groups is 1. The summed E-state index contributed by atoms with van der Waals surface area (Å²) in [4.78, 5) is 41.1. The van der Waals surface area contributed by atoms with E-state index in [0.29, 0.717) is 56.1 Å². The lowest BCUT2D eigenvalue weighted by atomic mass is 10.0. The summed E-state index contributed by atoms with van der Waals surface area (Å²) in [5.41, 5.74) is 2.92. The molecule has 2 heterocycles. The van der Waals surface area contributed by atoms with Crippen LogP contribution in [0.5, 0.6) is 5.75 Å². The Morgan fingerprint density at radius 3 is 2.40 bits per heavy atom. The van der Waals surface area contributed by atoms with E-state index in [4.69, 9.17) is 50.0 Å². The van der Waals surface area contributed by atoms with Gasteiger partial charge < -0.3 is 19.9 Å². The maximum atomic E-state index is 13.4. The van der Waals surface area contributed by atoms with Crippen molar-refractivity contribution in [3.63, 3.8) is 0 Å². The molecule has 13 heteroatoms. The number of anilines is 1. The molecule has 0 radical (unpaired) electrons. The van der Waals surface area contributed by atoms with Gasteiger partial charge in [0.2, 0.25) is 5.91 Å². The molecule has 0 aliphatic carbocycles. The second-order valence-corrected chi connectivity index (χ2v) is 12.8. The van der Waals surface area contributed by atoms with Crippen LogP contribution in [0.4, 0.5) is 5.69 Å². The molecule has 2 fully saturated rings. The molecule has 2 N–H and O–H groups in total. The van der Waals surface area contributed by atoms with Crippen LogP contribution in [0.1, 0.15) is 22.3 Å². The van der Waals surface area contributed by atoms with E-state index in [-0.39, 0.29) is 30.3 Å². The van der Waals surface area contributed by atoms with Gasteiger partial charge in [0.1, 0.15) is 16.7 Å². The molecule has 5 rings (SSSR count). The number of carbonyl (C=O) groups excluding carboxylic acids is 2. The maximum absolute atomic E-state index is 13.4. The number of aromatic carboxylic acids is 1. The van der Waals surface area contributed by atoms with Gasteiger partial charge in [0.25, 0.3) is 5.91 Å². The quantitative estimate of drug-likeness (QED) is 0.178. The monoisotopic (exact) mass is 685 g/mol. The first-order valence-corrected chi connectivity index (χ1v) is 16.1. The van der Waals surface area contributed by atoms with Crippen LogP contribution in [-0.2, 0) is 14.3 Å². The van der Waals surface area contributed by atoms with Crippen molar-refractivity contribution in [1.29, 1.82) is 0 Å². The van der Waals surface area contributed by atoms with Crippen molar-refractivity contribution in [2.45, 2.75) is 6.42 Å². The summed E-state index contributed by atoms with van der Waals surface area (Å²) >= 11 is 19.2. The minimum Gasteiger partial charge on any atom is -0.492 e. The first-order chi connectivity index (χ1) is 21.7. The maximum Gasteiger partial charge on any atom is 0.335 e. The van der Waals surface area contributed by atoms with Crippen LogP contribution in [0.25, 0.3) is 17.2 Å². The molecule has 2 aliphatic heterocycles. The molecule has 2 amide bonds. The lowest BCUT2D eigenvalue weighted by Crippen LogP contribution is -2.38. The number of morpholine rings is 1. The highest BCUT2D eigenvalue weighted by molar-refractivity contribution is 8.26. The van der Waals surface area contributed by atoms with Crippen molar-refractivity contribution >= 4 is 81.0 Å². The fourth-order valence-electron chi connectivity index (χ4n) is 4.77. The summed E-state index contributed by atoms with van der Waals surface area (Å²) in [5.74, 6) is -1.08. The summed E-state index contributed by atoms with van der Waals surface area (Å²) in [6.07, 6.45) is 1.75. The average Bonchev–Trinajstić information content (AvgIpc) is 3.28. The van der Waals surface area contributed by atoms with Crippen LogP contribution in [0.3, 0.4) is 0 Å². The van der Waals surface area contributed by atoms with E-state index in [1.807, 2.05) is 30.3 Å². The van der Waals surface area contributed by atoms with Gasteiger partial charge in [0, 0.05) is 53.9 Å². The van der Waals surface area contributed by atoms with Crippen molar-refractivity contribution in [1.82, 2.24) is 9.80 Å². The molecule has 45 heavy (non-hydrogen) atoms. The minimum absolute atomic E-state index is 0.00130. The molecule has 3 aromatic carbocycles. The number of carboxylic acids is 1. The number of thioether (sulfide) groups is 1. The van der Waals surface area contributed by atoms with Crippen molar-refractivity contribution in [3.05, 3.63) is 86.7 Å². The second-order valence-electron chi connectivity index (χ2n) is 10.2. The highest BCUT2D eigenvalue weighted by Crippen LogP contribution is 2.37. The third kappa shape index (κ3) is 8.84. The van der Waals surface area contributed by atoms with Gasteiger partial charge in [-0.1, -0.05) is 53.2 Å². The van der Waals surface area contributed by atoms with E-state index in [2.05, 4.69) is 10.2 Å². The van der Waals surface area contributed by atoms with Crippen LogP contribution in [-0.4, -0.2) is 83.0 Å². The minimum atomic E-state index is -1.05. The van der Waals surface area contributed by atoms with Gasteiger partial charge in [-0.05, 0) is 71.8 Å². The zero-order valence-electron chi connectivity index (χ0n) is 24.0. The van der Waals surface area contributed by atoms with Crippen molar-refractivity contribution in [2.24, 2.45) is 0 Å². The lowest BCUT2D eigenvalue weighted by molar-refractivity contribution is -0.122. The molecule has 234 valence electrons. The first kappa shape index (κ1) is 32.9. The Morgan fingerprint density at radius 1 is 1.00 bits per heavy atom. The van der Waals surface area contributed by atoms with Gasteiger partial charge in [0.05, 0.1) is 23.7 Å². The SMILES string of the molecule is O=C(CCN1C(=O)C(=Cc2cc(-c3cc(Cl)cc(Cl)c3)ccc2OCCN2CCOCC2)SC1=S)Nc1ccc(C(=O)O)cc1. The number of carboxylic acid groups (broad SMARTS) is 1. The zero-order valence-corrected chi connectivity index (χ0v) is 27.1. The number of hydrogen-bond acceptors (Lipinski definition) is 8. The van der Waals surface area contributed by atoms with Crippen LogP contribution in [0, 0.1) is 0 Å². The van der Waals surface area contributed by atoms with Crippen molar-refractivity contribution in [3.8, 4) is 16.9 Å². The van der Waals surface area contributed by atoms with Crippen LogP contribution < -0.4 is 10.1 Å². The Balaban J connectivity index is 1.30. The van der Waals surface area contributed by atoms with E-state index in [1.165, 1.54) is 29.2 Å². The molecule has 0 atom stereocenters. The summed E-state index contributed by atoms with van der Waals surface area (Å²) in [5, 5.41) is 12.8. The van der Waals surface area contributed by atoms with Gasteiger partial charge in [-0.3, -0.25) is 19.4 Å². The number of rotatable bonds is 11. The molecule has 0 saturated carbocycles. The van der Waals surface area contributed by atoms with Gasteiger partial charge >= 0.3 is 5.97 Å². The van der Waals surface area contributed by atoms with Crippen molar-refractivity contribution in [2.75, 3.05) is 51.3 Å². The largest absolute Gasteiger partial charge is 0.492 e. The normalized spacial score (nSPS) is 16.3. The van der Waals surface area contributed by atoms with Crippen LogP contribution >= 0.6 is 47.2 Å². The number of nitrogens with zero attached hydrogens (tertiary/aromatic N) is 2. The first-order valence-electron chi connectivity index (χ1n) is 14.1. The number of nitrogens with one attached hydrogen (secondary N) is 1. The summed E-state index contributed by atoms with van der Waals surface area (Å²) in [7, 11) is 0. The van der Waals surface area contributed by atoms with E-state index in [9.17, 15) is 14.4 Å². The van der Waals surface area contributed by atoms with Crippen LogP contribution in [0.15, 0.2) is 65.6 Å². The highest BCUT2D eigenvalue weighted by atomic mass is 35.5. The molecular weight excluding hydrogens is 657 g/mol. The molecule has 2 saturated heterocycles. The number of hydrogen-bond donors (Lipinski definition) is 2. The van der Waals surface area contributed by atoms with Gasteiger partial charge in [0.15, 0.2) is 0 Å². The fraction of sp³-hybridized carbons (Fsp3) is 0.250. The topological polar surface area (TPSA) is 108 Å². The Bertz CT molecular complexity index is 1620. The van der Waals surface area contributed by atoms with E-state index >= 15 is 0 Å². The summed E-state index contributed by atoms with van der Waals surface area (Å²) < 4.78 is 12.0. The third-order valence-electron chi connectivity index (χ3n) is 7.11. The Hall–Kier alpha value is -3.45. The standard InChI is InChI=1S/C32H29Cl2N3O6S2/c33-24-16-22(17-25(34)19-24)21-3-6-27(43-14-11-36-9-12-42-13-10-36)23(15-21)18-28-30(39)37(32(44)45-28)8-7-29(38)35-26-4-1-20(2-5-26)31(40)41/h1-6,15-19H,7-14H2,(H,35,38)(H,40,41). The fourth-order valence-corrected chi connectivity index (χ4v) is 6.59. The Kier molecular flexibility index (Phi) is 11.1. The number of amides is 2. The van der Waals surface area contributed by atoms with E-state index in [0.717, 1.165) is 42.5 Å². The van der Waals surface area contributed by atoms with E-state index < -0.39 is 5.97 Å². The summed E-state index contributed by atoms with van der Waals surface area (Å²) in [6, 6.07) is 16.8. The van der Waals surface area contributed by atoms with E-state index in [1.54, 1.807) is 12.1 Å². The Morgan fingerprint density at radius 2 is 1.71 bits per heavy atom. The molecule has 2 aliphatic rings. The predicted molar refractivity (Wildman–Crippen MR) is 181 cm³/mol. The predicted octanol–water partition coefficient (Wildman–Crippen LogP) is 6.30. The molecule has 0 bridgehead atoms. The number of benzene rings is 3. The highest BCUT2D eigenvalue weighted by Gasteiger charge is 2.32. The molecule has 3 aromatic rings. The number of carbonyl (C=O) groups is 3. The molecular formula is C32H29Cl2N3O6S2. The van der Waals surface area contributed by atoms with Gasteiger partial charge in [-0.15, -0.1) is 0 Å².